The van der Waals surface area contributed by atoms with Crippen LogP contribution in [0.5, 0.6) is 0 Å². The molecule has 2 rings (SSSR count). The molecule has 17 heavy (non-hydrogen) atoms. The lowest BCUT2D eigenvalue weighted by Crippen LogP contribution is -2.03. The van der Waals surface area contributed by atoms with Crippen molar-refractivity contribution in [3.63, 3.8) is 0 Å². The summed E-state index contributed by atoms with van der Waals surface area (Å²) in [4.78, 5) is 4.30. The van der Waals surface area contributed by atoms with Gasteiger partial charge in [0.25, 0.3) is 0 Å². The number of nitrogens with zero attached hydrogens (tertiary/aromatic N) is 3. The third-order valence-corrected chi connectivity index (χ3v) is 2.50. The molecule has 4 nitrogen and oxygen atoms in total. The minimum atomic E-state index is -0.395. The molecule has 2 N–H and O–H groups in total. The second kappa shape index (κ2) is 4.16. The van der Waals surface area contributed by atoms with E-state index in [2.05, 4.69) is 10.1 Å². The first kappa shape index (κ1) is 11.6. The summed E-state index contributed by atoms with van der Waals surface area (Å²) < 4.78 is 15.3. The van der Waals surface area contributed by atoms with Gasteiger partial charge in [0.05, 0.1) is 0 Å². The first-order valence-electron chi connectivity index (χ1n) is 5.48. The zero-order valence-electron chi connectivity index (χ0n) is 10.1. The Balaban J connectivity index is 2.52. The van der Waals surface area contributed by atoms with Crippen molar-refractivity contribution in [2.75, 3.05) is 5.73 Å². The van der Waals surface area contributed by atoms with E-state index < -0.39 is 5.82 Å². The molecule has 0 unspecified atom stereocenters. The van der Waals surface area contributed by atoms with E-state index in [4.69, 9.17) is 5.73 Å². The van der Waals surface area contributed by atoms with E-state index >= 15 is 0 Å². The maximum atomic E-state index is 13.8. The summed E-state index contributed by atoms with van der Waals surface area (Å²) in [6.07, 6.45) is 0. The smallest absolute Gasteiger partial charge is 0.153 e. The van der Waals surface area contributed by atoms with Gasteiger partial charge < -0.3 is 5.73 Å². The molecule has 0 aliphatic carbocycles. The summed E-state index contributed by atoms with van der Waals surface area (Å²) in [6.45, 7) is 5.80. The molecule has 0 bridgehead atoms. The standard InChI is InChI=1S/C12H15FN4/c1-7(2)12-15-8(3)17(16-12)11-5-4-9(14)6-10(11)13/h4-7H,14H2,1-3H3. The monoisotopic (exact) mass is 234 g/mol. The highest BCUT2D eigenvalue weighted by atomic mass is 19.1. The molecule has 1 aromatic heterocycles. The van der Waals surface area contributed by atoms with E-state index in [-0.39, 0.29) is 5.92 Å². The summed E-state index contributed by atoms with van der Waals surface area (Å²) in [5.41, 5.74) is 6.28. The lowest BCUT2D eigenvalue weighted by molar-refractivity contribution is 0.607. The molecule has 0 aliphatic heterocycles. The van der Waals surface area contributed by atoms with Gasteiger partial charge in [-0.3, -0.25) is 0 Å². The lowest BCUT2D eigenvalue weighted by atomic mass is 10.2. The molecule has 0 saturated heterocycles. The highest BCUT2D eigenvalue weighted by Gasteiger charge is 2.13. The molecule has 90 valence electrons. The molecule has 0 spiro atoms. The third-order valence-electron chi connectivity index (χ3n) is 2.50. The second-order valence-corrected chi connectivity index (χ2v) is 4.29. The van der Waals surface area contributed by atoms with E-state index in [1.54, 1.807) is 19.1 Å². The first-order chi connectivity index (χ1) is 7.99. The molecule has 0 radical (unpaired) electrons. The average Bonchev–Trinajstić information content (AvgIpc) is 2.61. The van der Waals surface area contributed by atoms with Crippen LogP contribution in [0, 0.1) is 12.7 Å². The van der Waals surface area contributed by atoms with Crippen molar-refractivity contribution in [3.05, 3.63) is 35.7 Å². The Morgan fingerprint density at radius 2 is 2.06 bits per heavy atom. The van der Waals surface area contributed by atoms with Gasteiger partial charge >= 0.3 is 0 Å². The van der Waals surface area contributed by atoms with E-state index in [1.165, 1.54) is 10.7 Å². The fourth-order valence-corrected chi connectivity index (χ4v) is 1.58. The number of benzene rings is 1. The Bertz CT molecular complexity index is 545. The topological polar surface area (TPSA) is 56.7 Å². The van der Waals surface area contributed by atoms with Gasteiger partial charge in [-0.05, 0) is 25.1 Å². The van der Waals surface area contributed by atoms with Crippen molar-refractivity contribution >= 4 is 5.69 Å². The Morgan fingerprint density at radius 1 is 1.35 bits per heavy atom. The highest BCUT2D eigenvalue weighted by Crippen LogP contribution is 2.18. The number of nitrogens with two attached hydrogens (primary N) is 1. The van der Waals surface area contributed by atoms with Crippen LogP contribution in [0.3, 0.4) is 0 Å². The van der Waals surface area contributed by atoms with Crippen LogP contribution in [0.1, 0.15) is 31.4 Å². The SMILES string of the molecule is Cc1nc(C(C)C)nn1-c1ccc(N)cc1F. The molecular weight excluding hydrogens is 219 g/mol. The summed E-state index contributed by atoms with van der Waals surface area (Å²) in [6, 6.07) is 4.54. The highest BCUT2D eigenvalue weighted by molar-refractivity contribution is 5.46. The van der Waals surface area contributed by atoms with Crippen LogP contribution in [0.2, 0.25) is 0 Å². The zero-order chi connectivity index (χ0) is 12.6. The number of halogens is 1. The normalized spacial score (nSPS) is 11.1. The van der Waals surface area contributed by atoms with Crippen molar-refractivity contribution in [3.8, 4) is 5.69 Å². The summed E-state index contributed by atoms with van der Waals surface area (Å²) in [5.74, 6) is 1.19. The molecule has 1 heterocycles. The molecule has 0 atom stereocenters. The molecule has 1 aromatic carbocycles. The number of hydrogen-bond acceptors (Lipinski definition) is 3. The predicted octanol–water partition coefficient (Wildman–Crippen LogP) is 2.42. The Kier molecular flexibility index (Phi) is 2.83. The lowest BCUT2D eigenvalue weighted by Gasteiger charge is -2.05. The molecule has 0 saturated carbocycles. The van der Waals surface area contributed by atoms with Gasteiger partial charge in [0.2, 0.25) is 0 Å². The quantitative estimate of drug-likeness (QED) is 0.812. The van der Waals surface area contributed by atoms with E-state index in [9.17, 15) is 4.39 Å². The minimum absolute atomic E-state index is 0.215. The molecule has 0 aliphatic rings. The summed E-state index contributed by atoms with van der Waals surface area (Å²) >= 11 is 0. The van der Waals surface area contributed by atoms with Crippen LogP contribution in [0.4, 0.5) is 10.1 Å². The maximum Gasteiger partial charge on any atom is 0.153 e. The van der Waals surface area contributed by atoms with E-state index in [0.29, 0.717) is 23.0 Å². The van der Waals surface area contributed by atoms with E-state index in [0.717, 1.165) is 0 Å². The molecule has 2 aromatic rings. The van der Waals surface area contributed by atoms with Gasteiger partial charge in [-0.15, -0.1) is 0 Å². The summed E-state index contributed by atoms with van der Waals surface area (Å²) in [7, 11) is 0. The van der Waals surface area contributed by atoms with Gasteiger partial charge in [0, 0.05) is 11.6 Å². The second-order valence-electron chi connectivity index (χ2n) is 4.29. The third kappa shape index (κ3) is 2.13. The average molecular weight is 234 g/mol. The van der Waals surface area contributed by atoms with Gasteiger partial charge in [-0.2, -0.15) is 5.10 Å². The van der Waals surface area contributed by atoms with Crippen molar-refractivity contribution in [2.45, 2.75) is 26.7 Å². The van der Waals surface area contributed by atoms with Crippen molar-refractivity contribution in [1.82, 2.24) is 14.8 Å². The fraction of sp³-hybridized carbons (Fsp3) is 0.333. The van der Waals surface area contributed by atoms with Crippen LogP contribution in [0.25, 0.3) is 5.69 Å². The van der Waals surface area contributed by atoms with Crippen LogP contribution in [-0.2, 0) is 0 Å². The molecule has 0 amide bonds. The van der Waals surface area contributed by atoms with Crippen molar-refractivity contribution < 1.29 is 4.39 Å². The van der Waals surface area contributed by atoms with Crippen LogP contribution < -0.4 is 5.73 Å². The van der Waals surface area contributed by atoms with Crippen LogP contribution in [-0.4, -0.2) is 14.8 Å². The van der Waals surface area contributed by atoms with Gasteiger partial charge in [-0.25, -0.2) is 14.1 Å². The largest absolute Gasteiger partial charge is 0.399 e. The fourth-order valence-electron chi connectivity index (χ4n) is 1.58. The molecular formula is C12H15FN4. The maximum absolute atomic E-state index is 13.8. The van der Waals surface area contributed by atoms with Crippen LogP contribution in [0.15, 0.2) is 18.2 Å². The number of nitrogen functional groups attached to an aromatic ring is 1. The Hall–Kier alpha value is -1.91. The van der Waals surface area contributed by atoms with Gasteiger partial charge in [0.1, 0.15) is 11.5 Å². The van der Waals surface area contributed by atoms with Crippen molar-refractivity contribution in [2.24, 2.45) is 0 Å². The van der Waals surface area contributed by atoms with Crippen LogP contribution >= 0.6 is 0 Å². The Morgan fingerprint density at radius 3 is 2.59 bits per heavy atom. The number of rotatable bonds is 2. The number of anilines is 1. The molecule has 5 heteroatoms. The van der Waals surface area contributed by atoms with Gasteiger partial charge in [0.15, 0.2) is 11.6 Å². The number of aromatic nitrogens is 3. The number of hydrogen-bond donors (Lipinski definition) is 1. The Labute approximate surface area is 99.3 Å². The number of aryl methyl sites for hydroxylation is 1. The minimum Gasteiger partial charge on any atom is -0.399 e. The summed E-state index contributed by atoms with van der Waals surface area (Å²) in [5, 5.41) is 4.29. The molecule has 0 fully saturated rings. The van der Waals surface area contributed by atoms with Gasteiger partial charge in [-0.1, -0.05) is 13.8 Å². The predicted molar refractivity (Wildman–Crippen MR) is 64.6 cm³/mol. The van der Waals surface area contributed by atoms with E-state index in [1.807, 2.05) is 13.8 Å². The first-order valence-corrected chi connectivity index (χ1v) is 5.48. The zero-order valence-corrected chi connectivity index (χ0v) is 10.1. The van der Waals surface area contributed by atoms with Crippen molar-refractivity contribution in [1.29, 1.82) is 0 Å².